The van der Waals surface area contributed by atoms with E-state index in [2.05, 4.69) is 35.2 Å². The molecule has 0 aliphatic rings. The van der Waals surface area contributed by atoms with Gasteiger partial charge in [0.25, 0.3) is 0 Å². The summed E-state index contributed by atoms with van der Waals surface area (Å²) in [5.74, 6) is 2.39. The van der Waals surface area contributed by atoms with E-state index in [0.717, 1.165) is 41.0 Å². The minimum absolute atomic E-state index is 0. The SMILES string of the molecule is COc1ccc(CC[n+]2ccc3cc(OC)c(OC)cc3c2)cc1.[Cl-]. The summed E-state index contributed by atoms with van der Waals surface area (Å²) in [4.78, 5) is 0. The molecule has 25 heavy (non-hydrogen) atoms. The fourth-order valence-electron chi connectivity index (χ4n) is 2.75. The lowest BCUT2D eigenvalue weighted by Gasteiger charge is -2.08. The van der Waals surface area contributed by atoms with Crippen molar-refractivity contribution < 1.29 is 31.2 Å². The Balaban J connectivity index is 0.00000225. The monoisotopic (exact) mass is 359 g/mol. The lowest BCUT2D eigenvalue weighted by Crippen LogP contribution is -3.00. The van der Waals surface area contributed by atoms with Crippen LogP contribution >= 0.6 is 0 Å². The number of hydrogen-bond donors (Lipinski definition) is 0. The maximum atomic E-state index is 5.39. The van der Waals surface area contributed by atoms with Crippen LogP contribution in [0.5, 0.6) is 17.2 Å². The molecule has 4 nitrogen and oxygen atoms in total. The lowest BCUT2D eigenvalue weighted by molar-refractivity contribution is -0.695. The molecule has 0 spiro atoms. The maximum Gasteiger partial charge on any atom is 0.176 e. The maximum absolute atomic E-state index is 5.39. The Morgan fingerprint density at radius 1 is 0.800 bits per heavy atom. The zero-order chi connectivity index (χ0) is 16.9. The van der Waals surface area contributed by atoms with Crippen LogP contribution in [-0.2, 0) is 13.0 Å². The number of aromatic nitrogens is 1. The number of nitrogens with zero attached hydrogens (tertiary/aromatic N) is 1. The third-order valence-electron chi connectivity index (χ3n) is 4.16. The highest BCUT2D eigenvalue weighted by molar-refractivity contribution is 5.84. The van der Waals surface area contributed by atoms with E-state index in [4.69, 9.17) is 14.2 Å². The molecular weight excluding hydrogens is 338 g/mol. The summed E-state index contributed by atoms with van der Waals surface area (Å²) in [6.07, 6.45) is 5.20. The van der Waals surface area contributed by atoms with Crippen molar-refractivity contribution in [3.05, 3.63) is 60.4 Å². The number of pyridine rings is 1. The molecule has 0 saturated carbocycles. The zero-order valence-corrected chi connectivity index (χ0v) is 15.4. The number of fused-ring (bicyclic) bond motifs is 1. The van der Waals surface area contributed by atoms with Crippen LogP contribution in [0, 0.1) is 0 Å². The van der Waals surface area contributed by atoms with Gasteiger partial charge in [0.05, 0.1) is 21.3 Å². The molecule has 132 valence electrons. The predicted octanol–water partition coefficient (Wildman–Crippen LogP) is 0.400. The van der Waals surface area contributed by atoms with Crippen molar-refractivity contribution in [2.24, 2.45) is 0 Å². The van der Waals surface area contributed by atoms with Crippen LogP contribution in [0.25, 0.3) is 10.8 Å². The Hall–Kier alpha value is -2.46. The van der Waals surface area contributed by atoms with E-state index in [1.54, 1.807) is 21.3 Å². The van der Waals surface area contributed by atoms with Crippen LogP contribution in [0.2, 0.25) is 0 Å². The van der Waals surface area contributed by atoms with Gasteiger partial charge in [-0.05, 0) is 35.2 Å². The third kappa shape index (κ3) is 4.34. The first kappa shape index (κ1) is 18.9. The van der Waals surface area contributed by atoms with Gasteiger partial charge >= 0.3 is 0 Å². The van der Waals surface area contributed by atoms with Crippen LogP contribution in [0.15, 0.2) is 54.9 Å². The van der Waals surface area contributed by atoms with Crippen molar-refractivity contribution >= 4 is 10.8 Å². The largest absolute Gasteiger partial charge is 1.00 e. The average Bonchev–Trinajstić information content (AvgIpc) is 2.65. The van der Waals surface area contributed by atoms with Crippen molar-refractivity contribution in [3.63, 3.8) is 0 Å². The molecule has 0 bridgehead atoms. The molecule has 1 aromatic heterocycles. The molecule has 3 rings (SSSR count). The van der Waals surface area contributed by atoms with Crippen LogP contribution in [0.3, 0.4) is 0 Å². The third-order valence-corrected chi connectivity index (χ3v) is 4.16. The van der Waals surface area contributed by atoms with Crippen molar-refractivity contribution in [1.82, 2.24) is 0 Å². The molecule has 0 aliphatic heterocycles. The van der Waals surface area contributed by atoms with Crippen LogP contribution < -0.4 is 31.2 Å². The van der Waals surface area contributed by atoms with Gasteiger partial charge in [-0.3, -0.25) is 0 Å². The number of halogens is 1. The summed E-state index contributed by atoms with van der Waals surface area (Å²) in [6.45, 7) is 0.913. The van der Waals surface area contributed by atoms with Crippen molar-refractivity contribution in [2.75, 3.05) is 21.3 Å². The molecule has 0 aliphatic carbocycles. The van der Waals surface area contributed by atoms with Crippen molar-refractivity contribution in [2.45, 2.75) is 13.0 Å². The molecule has 0 fully saturated rings. The predicted molar refractivity (Wildman–Crippen MR) is 93.9 cm³/mol. The van der Waals surface area contributed by atoms with Gasteiger partial charge in [-0.15, -0.1) is 0 Å². The van der Waals surface area contributed by atoms with Gasteiger partial charge in [-0.2, -0.15) is 0 Å². The van der Waals surface area contributed by atoms with Gasteiger partial charge in [0.15, 0.2) is 30.4 Å². The first-order valence-electron chi connectivity index (χ1n) is 7.91. The highest BCUT2D eigenvalue weighted by Gasteiger charge is 2.09. The summed E-state index contributed by atoms with van der Waals surface area (Å²) in [7, 11) is 5.00. The standard InChI is InChI=1S/C20H22NO3.ClH/c1-22-18-6-4-15(5-7-18)8-10-21-11-9-16-12-19(23-2)20(24-3)13-17(16)14-21;/h4-7,9,11-14H,8,10H2,1-3H3;1H/q+1;/p-1. The zero-order valence-electron chi connectivity index (χ0n) is 14.7. The van der Waals surface area contributed by atoms with E-state index >= 15 is 0 Å². The minimum atomic E-state index is 0. The van der Waals surface area contributed by atoms with Gasteiger partial charge in [-0.25, -0.2) is 4.57 Å². The first-order chi connectivity index (χ1) is 11.7. The second-order valence-electron chi connectivity index (χ2n) is 5.62. The van der Waals surface area contributed by atoms with Gasteiger partial charge < -0.3 is 26.6 Å². The van der Waals surface area contributed by atoms with Gasteiger partial charge in [-0.1, -0.05) is 12.1 Å². The normalized spacial score (nSPS) is 10.2. The van der Waals surface area contributed by atoms with E-state index < -0.39 is 0 Å². The number of hydrogen-bond acceptors (Lipinski definition) is 3. The molecule has 1 heterocycles. The average molecular weight is 360 g/mol. The molecule has 2 aromatic carbocycles. The number of aryl methyl sites for hydroxylation is 2. The summed E-state index contributed by atoms with van der Waals surface area (Å²) in [5.41, 5.74) is 1.29. The summed E-state index contributed by atoms with van der Waals surface area (Å²) in [5, 5.41) is 2.26. The molecule has 0 N–H and O–H groups in total. The highest BCUT2D eigenvalue weighted by atomic mass is 35.5. The quantitative estimate of drug-likeness (QED) is 0.597. The molecule has 0 radical (unpaired) electrons. The Morgan fingerprint density at radius 3 is 2.04 bits per heavy atom. The van der Waals surface area contributed by atoms with Gasteiger partial charge in [0, 0.05) is 17.9 Å². The molecule has 5 heteroatoms. The lowest BCUT2D eigenvalue weighted by atomic mass is 10.1. The van der Waals surface area contributed by atoms with Crippen molar-refractivity contribution in [1.29, 1.82) is 0 Å². The molecule has 0 amide bonds. The molecule has 0 atom stereocenters. The van der Waals surface area contributed by atoms with E-state index in [9.17, 15) is 0 Å². The second kappa shape index (κ2) is 8.58. The molecular formula is C20H22ClNO3. The fraction of sp³-hybridized carbons (Fsp3) is 0.250. The highest BCUT2D eigenvalue weighted by Crippen LogP contribution is 2.31. The summed E-state index contributed by atoms with van der Waals surface area (Å²) >= 11 is 0. The van der Waals surface area contributed by atoms with E-state index in [-0.39, 0.29) is 12.4 Å². The van der Waals surface area contributed by atoms with E-state index in [1.165, 1.54) is 5.56 Å². The Kier molecular flexibility index (Phi) is 6.48. The smallest absolute Gasteiger partial charge is 0.176 e. The second-order valence-corrected chi connectivity index (χ2v) is 5.62. The molecule has 3 aromatic rings. The summed E-state index contributed by atoms with van der Waals surface area (Å²) in [6, 6.07) is 14.3. The van der Waals surface area contributed by atoms with Gasteiger partial charge in [0.2, 0.25) is 0 Å². The van der Waals surface area contributed by atoms with Crippen LogP contribution in [0.4, 0.5) is 0 Å². The van der Waals surface area contributed by atoms with Crippen molar-refractivity contribution in [3.8, 4) is 17.2 Å². The van der Waals surface area contributed by atoms with Crippen LogP contribution in [0.1, 0.15) is 5.56 Å². The van der Waals surface area contributed by atoms with Gasteiger partial charge in [0.1, 0.15) is 5.75 Å². The Morgan fingerprint density at radius 2 is 1.44 bits per heavy atom. The Bertz CT molecular complexity index is 834. The number of methoxy groups -OCH3 is 3. The number of ether oxygens (including phenoxy) is 3. The fourth-order valence-corrected chi connectivity index (χ4v) is 2.75. The first-order valence-corrected chi connectivity index (χ1v) is 7.91. The number of benzene rings is 2. The Labute approximate surface area is 154 Å². The molecule has 0 unspecified atom stereocenters. The molecule has 0 saturated heterocycles. The number of rotatable bonds is 6. The van der Waals surface area contributed by atoms with Crippen LogP contribution in [-0.4, -0.2) is 21.3 Å². The minimum Gasteiger partial charge on any atom is -1.00 e. The summed E-state index contributed by atoms with van der Waals surface area (Å²) < 4.78 is 18.1. The topological polar surface area (TPSA) is 31.6 Å². The van der Waals surface area contributed by atoms with E-state index in [0.29, 0.717) is 0 Å². The van der Waals surface area contributed by atoms with E-state index in [1.807, 2.05) is 24.3 Å².